The van der Waals surface area contributed by atoms with Crippen LogP contribution < -0.4 is 0 Å². The summed E-state index contributed by atoms with van der Waals surface area (Å²) in [4.78, 5) is 13.3. The van der Waals surface area contributed by atoms with E-state index in [1.807, 2.05) is 0 Å². The Labute approximate surface area is 181 Å². The second kappa shape index (κ2) is 7.00. The number of fused-ring (bicyclic) bond motifs is 5. The zero-order chi connectivity index (χ0) is 23.0. The van der Waals surface area contributed by atoms with Crippen LogP contribution in [0, 0.1) is 23.3 Å². The summed E-state index contributed by atoms with van der Waals surface area (Å²) in [7, 11) is 4.20. The van der Waals surface area contributed by atoms with Crippen molar-refractivity contribution in [2.75, 3.05) is 14.1 Å². The van der Waals surface area contributed by atoms with Gasteiger partial charge >= 0.3 is 5.97 Å². The number of aliphatic hydroxyl groups is 1. The lowest BCUT2D eigenvalue weighted by molar-refractivity contribution is -0.938. The van der Waals surface area contributed by atoms with Gasteiger partial charge in [-0.2, -0.15) is 0 Å². The van der Waals surface area contributed by atoms with Gasteiger partial charge in [-0.15, -0.1) is 0 Å². The van der Waals surface area contributed by atoms with Crippen molar-refractivity contribution in [3.05, 3.63) is 70.8 Å². The predicted octanol–water partition coefficient (Wildman–Crippen LogP) is 2.78. The Balaban J connectivity index is 1.48. The molecule has 0 saturated carbocycles. The number of ether oxygens (including phenoxy) is 2. The molecule has 5 nitrogen and oxygen atoms in total. The molecule has 5 atom stereocenters. The molecule has 0 aliphatic carbocycles. The van der Waals surface area contributed by atoms with Gasteiger partial charge in [0.2, 0.25) is 5.60 Å². The lowest BCUT2D eigenvalue weighted by Crippen LogP contribution is -2.60. The maximum Gasteiger partial charge on any atom is 0.347 e. The quantitative estimate of drug-likeness (QED) is 0.336. The number of hydrogen-bond donors (Lipinski definition) is 1. The first-order valence-electron chi connectivity index (χ1n) is 10.4. The van der Waals surface area contributed by atoms with Crippen LogP contribution in [0.3, 0.4) is 0 Å². The van der Waals surface area contributed by atoms with E-state index in [1.165, 1.54) is 0 Å². The van der Waals surface area contributed by atoms with Crippen LogP contribution in [0.4, 0.5) is 17.6 Å². The number of esters is 1. The molecule has 0 aromatic heterocycles. The average Bonchev–Trinajstić information content (AvgIpc) is 3.50. The molecule has 3 aliphatic rings. The molecule has 3 unspecified atom stereocenters. The maximum atomic E-state index is 13.9. The molecule has 170 valence electrons. The molecule has 3 aliphatic heterocycles. The molecule has 3 fully saturated rings. The third-order valence-electron chi connectivity index (χ3n) is 7.28. The number of carbonyl (C=O) groups excluding carboxylic acids is 1. The minimum Gasteiger partial charge on any atom is -0.459 e. The SMILES string of the molecule is C[N+]1(C)C2CC(OC(=O)C(O)(c3ccc(F)c(F)c3)c3ccc(F)c(F)c3)C[C@H]1[C@H]1OC21. The number of morpholine rings is 1. The Morgan fingerprint density at radius 1 is 0.938 bits per heavy atom. The molecule has 0 radical (unpaired) electrons. The summed E-state index contributed by atoms with van der Waals surface area (Å²) in [5.74, 6) is -6.14. The maximum absolute atomic E-state index is 13.9. The van der Waals surface area contributed by atoms with E-state index >= 15 is 0 Å². The number of likely N-dealkylation sites (N-methyl/N-ethyl adjacent to an activating group) is 1. The third kappa shape index (κ3) is 3.06. The molecule has 5 rings (SSSR count). The first-order valence-corrected chi connectivity index (χ1v) is 10.4. The Kier molecular flexibility index (Phi) is 4.67. The molecule has 2 aromatic carbocycles. The van der Waals surface area contributed by atoms with E-state index in [4.69, 9.17) is 9.47 Å². The highest BCUT2D eigenvalue weighted by atomic mass is 19.2. The van der Waals surface area contributed by atoms with E-state index in [0.29, 0.717) is 25.0 Å². The number of benzene rings is 2. The first kappa shape index (κ1) is 21.4. The number of epoxide rings is 1. The number of carbonyl (C=O) groups is 1. The summed E-state index contributed by atoms with van der Waals surface area (Å²) in [5.41, 5.74) is -3.37. The molecule has 0 spiro atoms. The minimum atomic E-state index is -2.66. The second-order valence-electron chi connectivity index (χ2n) is 9.30. The number of quaternary nitrogens is 1. The largest absolute Gasteiger partial charge is 0.459 e. The van der Waals surface area contributed by atoms with Crippen molar-refractivity contribution in [3.63, 3.8) is 0 Å². The van der Waals surface area contributed by atoms with Gasteiger partial charge in [0.1, 0.15) is 30.4 Å². The van der Waals surface area contributed by atoms with Gasteiger partial charge in [0.05, 0.1) is 14.1 Å². The van der Waals surface area contributed by atoms with Crippen molar-refractivity contribution < 1.29 is 41.4 Å². The third-order valence-corrected chi connectivity index (χ3v) is 7.28. The molecular weight excluding hydrogens is 430 g/mol. The molecule has 3 heterocycles. The van der Waals surface area contributed by atoms with E-state index in [-0.39, 0.29) is 35.4 Å². The number of nitrogens with zero attached hydrogens (tertiary/aromatic N) is 1. The van der Waals surface area contributed by atoms with Crippen LogP contribution in [-0.2, 0) is 19.9 Å². The van der Waals surface area contributed by atoms with Crippen LogP contribution in [0.25, 0.3) is 0 Å². The van der Waals surface area contributed by atoms with Crippen molar-refractivity contribution in [1.29, 1.82) is 0 Å². The Bertz CT molecular complexity index is 1040. The highest BCUT2D eigenvalue weighted by Crippen LogP contribution is 2.52. The van der Waals surface area contributed by atoms with Crippen LogP contribution in [0.2, 0.25) is 0 Å². The highest BCUT2D eigenvalue weighted by Gasteiger charge is 2.71. The lowest BCUT2D eigenvalue weighted by Gasteiger charge is -2.45. The van der Waals surface area contributed by atoms with Crippen LogP contribution in [0.1, 0.15) is 24.0 Å². The normalized spacial score (nSPS) is 30.0. The number of hydrogen-bond acceptors (Lipinski definition) is 4. The molecule has 2 aromatic rings. The zero-order valence-electron chi connectivity index (χ0n) is 17.4. The number of rotatable bonds is 4. The van der Waals surface area contributed by atoms with E-state index in [1.54, 1.807) is 0 Å². The van der Waals surface area contributed by atoms with Crippen molar-refractivity contribution in [2.24, 2.45) is 0 Å². The average molecular weight is 452 g/mol. The summed E-state index contributed by atoms with van der Waals surface area (Å²) in [5, 5.41) is 11.4. The molecule has 9 heteroatoms. The highest BCUT2D eigenvalue weighted by molar-refractivity contribution is 5.85. The van der Waals surface area contributed by atoms with Crippen LogP contribution in [0.15, 0.2) is 36.4 Å². The van der Waals surface area contributed by atoms with E-state index < -0.39 is 40.9 Å². The Morgan fingerprint density at radius 3 is 1.84 bits per heavy atom. The topological polar surface area (TPSA) is 59.1 Å². The van der Waals surface area contributed by atoms with Crippen LogP contribution >= 0.6 is 0 Å². The molecule has 2 bridgehead atoms. The monoisotopic (exact) mass is 452 g/mol. The fourth-order valence-corrected chi connectivity index (χ4v) is 5.38. The smallest absolute Gasteiger partial charge is 0.347 e. The zero-order valence-corrected chi connectivity index (χ0v) is 17.4. The molecular formula is C23H22F4NO4+. The number of halogens is 4. The summed E-state index contributed by atoms with van der Waals surface area (Å²) in [6.07, 6.45) is 0.677. The van der Waals surface area contributed by atoms with Crippen molar-refractivity contribution in [1.82, 2.24) is 0 Å². The van der Waals surface area contributed by atoms with Crippen molar-refractivity contribution in [2.45, 2.75) is 48.8 Å². The molecule has 3 saturated heterocycles. The van der Waals surface area contributed by atoms with E-state index in [2.05, 4.69) is 14.1 Å². The summed E-state index contributed by atoms with van der Waals surface area (Å²) < 4.78 is 67.0. The molecule has 32 heavy (non-hydrogen) atoms. The van der Waals surface area contributed by atoms with Crippen LogP contribution in [-0.4, -0.2) is 60.0 Å². The second-order valence-corrected chi connectivity index (χ2v) is 9.30. The van der Waals surface area contributed by atoms with Crippen molar-refractivity contribution >= 4 is 5.97 Å². The molecule has 0 amide bonds. The fourth-order valence-electron chi connectivity index (χ4n) is 5.38. The minimum absolute atomic E-state index is 0.106. The standard InChI is InChI=1S/C23H22F4NO4/c1-28(2)18-9-13(10-19(28)21-20(18)32-21)31-22(29)23(30,11-3-5-14(24)16(26)7-11)12-4-6-15(25)17(27)8-12/h3-8,13,18-21,30H,9-10H2,1-2H3/q+1/t13?,18-,19?,20+,21?/m0/s1. The van der Waals surface area contributed by atoms with Crippen LogP contribution in [0.5, 0.6) is 0 Å². The fraction of sp³-hybridized carbons (Fsp3) is 0.435. The van der Waals surface area contributed by atoms with Gasteiger partial charge in [0.25, 0.3) is 0 Å². The number of piperidine rings is 1. The van der Waals surface area contributed by atoms with Gasteiger partial charge in [0.15, 0.2) is 23.3 Å². The van der Waals surface area contributed by atoms with E-state index in [0.717, 1.165) is 28.7 Å². The van der Waals surface area contributed by atoms with Gasteiger partial charge < -0.3 is 19.1 Å². The van der Waals surface area contributed by atoms with Gasteiger partial charge in [0, 0.05) is 24.0 Å². The Hall–Kier alpha value is -2.49. The summed E-state index contributed by atoms with van der Waals surface area (Å²) >= 11 is 0. The summed E-state index contributed by atoms with van der Waals surface area (Å²) in [6.45, 7) is 0. The van der Waals surface area contributed by atoms with Gasteiger partial charge in [-0.3, -0.25) is 0 Å². The molecule has 1 N–H and O–H groups in total. The van der Waals surface area contributed by atoms with E-state index in [9.17, 15) is 27.5 Å². The van der Waals surface area contributed by atoms with Gasteiger partial charge in [-0.1, -0.05) is 12.1 Å². The summed E-state index contributed by atoms with van der Waals surface area (Å²) in [6, 6.07) is 5.04. The van der Waals surface area contributed by atoms with Gasteiger partial charge in [-0.05, 0) is 24.3 Å². The lowest BCUT2D eigenvalue weighted by atomic mass is 9.85. The first-order chi connectivity index (χ1) is 15.0. The van der Waals surface area contributed by atoms with Crippen molar-refractivity contribution in [3.8, 4) is 0 Å². The Morgan fingerprint density at radius 2 is 1.41 bits per heavy atom. The predicted molar refractivity (Wildman–Crippen MR) is 103 cm³/mol. The van der Waals surface area contributed by atoms with Gasteiger partial charge in [-0.25, -0.2) is 22.4 Å².